The van der Waals surface area contributed by atoms with Crippen LogP contribution in [0.1, 0.15) is 5.56 Å². The average Bonchev–Trinajstić information content (AvgIpc) is 2.66. The number of pyridine rings is 1. The maximum absolute atomic E-state index is 11.8. The van der Waals surface area contributed by atoms with Gasteiger partial charge in [0.1, 0.15) is 12.4 Å². The molecule has 1 aromatic heterocycles. The maximum Gasteiger partial charge on any atom is 0.319 e. The second-order valence-electron chi connectivity index (χ2n) is 5.28. The van der Waals surface area contributed by atoms with E-state index < -0.39 is 0 Å². The molecular formula is C19H16N4O2. The lowest BCUT2D eigenvalue weighted by molar-refractivity contribution is 0.247. The van der Waals surface area contributed by atoms with E-state index in [2.05, 4.69) is 15.6 Å². The largest absolute Gasteiger partial charge is 0.492 e. The summed E-state index contributed by atoms with van der Waals surface area (Å²) in [5.41, 5.74) is 2.08. The number of rotatable bonds is 5. The van der Waals surface area contributed by atoms with Crippen LogP contribution in [0.15, 0.2) is 60.8 Å². The first kappa shape index (κ1) is 16.3. The number of urea groups is 1. The molecule has 0 saturated heterocycles. The van der Waals surface area contributed by atoms with Gasteiger partial charge < -0.3 is 15.4 Å². The number of benzene rings is 2. The first-order valence-corrected chi connectivity index (χ1v) is 7.77. The van der Waals surface area contributed by atoms with Gasteiger partial charge in [0, 0.05) is 17.3 Å². The van der Waals surface area contributed by atoms with Gasteiger partial charge in [-0.2, -0.15) is 5.26 Å². The minimum absolute atomic E-state index is 0.323. The topological polar surface area (TPSA) is 87.0 Å². The molecule has 3 aromatic rings. The number of fused-ring (bicyclic) bond motifs is 1. The Labute approximate surface area is 145 Å². The van der Waals surface area contributed by atoms with Crippen LogP contribution in [0.5, 0.6) is 5.75 Å². The molecule has 0 saturated carbocycles. The fraction of sp³-hybridized carbons (Fsp3) is 0.105. The Balaban J connectivity index is 1.44. The van der Waals surface area contributed by atoms with Gasteiger partial charge in [-0.05, 0) is 48.5 Å². The van der Waals surface area contributed by atoms with Gasteiger partial charge in [0.15, 0.2) is 0 Å². The Morgan fingerprint density at radius 3 is 2.80 bits per heavy atom. The van der Waals surface area contributed by atoms with Crippen molar-refractivity contribution in [2.75, 3.05) is 18.5 Å². The highest BCUT2D eigenvalue weighted by molar-refractivity contribution is 5.89. The first-order chi connectivity index (χ1) is 12.2. The molecule has 0 bridgehead atoms. The standard InChI is InChI=1S/C19H16N4O2/c20-13-14-3-5-16(6-4-14)23-19(24)22-10-11-25-17-7-8-18-15(12-17)2-1-9-21-18/h1-9,12H,10-11H2,(H2,22,23,24). The SMILES string of the molecule is N#Cc1ccc(NC(=O)NCCOc2ccc3ncccc3c2)cc1. The molecule has 0 aliphatic rings. The molecule has 0 atom stereocenters. The second-order valence-corrected chi connectivity index (χ2v) is 5.28. The van der Waals surface area contributed by atoms with Crippen molar-refractivity contribution >= 4 is 22.6 Å². The van der Waals surface area contributed by atoms with Crippen LogP contribution in [-0.2, 0) is 0 Å². The average molecular weight is 332 g/mol. The first-order valence-electron chi connectivity index (χ1n) is 7.77. The van der Waals surface area contributed by atoms with Crippen LogP contribution in [0.3, 0.4) is 0 Å². The summed E-state index contributed by atoms with van der Waals surface area (Å²) < 4.78 is 5.64. The summed E-state index contributed by atoms with van der Waals surface area (Å²) in [7, 11) is 0. The van der Waals surface area contributed by atoms with E-state index in [1.165, 1.54) is 0 Å². The number of carbonyl (C=O) groups excluding carboxylic acids is 1. The summed E-state index contributed by atoms with van der Waals surface area (Å²) in [6, 6.07) is 17.9. The molecule has 0 unspecified atom stereocenters. The number of aromatic nitrogens is 1. The number of nitriles is 1. The quantitative estimate of drug-likeness (QED) is 0.702. The minimum atomic E-state index is -0.323. The molecule has 6 heteroatoms. The molecule has 1 heterocycles. The normalized spacial score (nSPS) is 10.0. The van der Waals surface area contributed by atoms with Crippen molar-refractivity contribution in [3.63, 3.8) is 0 Å². The molecule has 3 rings (SSSR count). The zero-order chi connectivity index (χ0) is 17.5. The van der Waals surface area contributed by atoms with E-state index >= 15 is 0 Å². The van der Waals surface area contributed by atoms with Gasteiger partial charge in [-0.15, -0.1) is 0 Å². The van der Waals surface area contributed by atoms with Crippen LogP contribution >= 0.6 is 0 Å². The smallest absolute Gasteiger partial charge is 0.319 e. The lowest BCUT2D eigenvalue weighted by atomic mass is 10.2. The van der Waals surface area contributed by atoms with Crippen molar-refractivity contribution < 1.29 is 9.53 Å². The van der Waals surface area contributed by atoms with Gasteiger partial charge in [-0.1, -0.05) is 6.07 Å². The van der Waals surface area contributed by atoms with Crippen molar-refractivity contribution in [3.05, 3.63) is 66.4 Å². The van der Waals surface area contributed by atoms with E-state index in [0.717, 1.165) is 16.7 Å². The summed E-state index contributed by atoms with van der Waals surface area (Å²) in [6.07, 6.45) is 1.75. The Kier molecular flexibility index (Phi) is 5.07. The highest BCUT2D eigenvalue weighted by Gasteiger charge is 2.02. The highest BCUT2D eigenvalue weighted by atomic mass is 16.5. The number of amides is 2. The Hall–Kier alpha value is -3.59. The van der Waals surface area contributed by atoms with E-state index in [0.29, 0.717) is 24.4 Å². The fourth-order valence-corrected chi connectivity index (χ4v) is 2.28. The Bertz CT molecular complexity index is 917. The molecule has 0 spiro atoms. The maximum atomic E-state index is 11.8. The third-order valence-electron chi connectivity index (χ3n) is 3.50. The van der Waals surface area contributed by atoms with Crippen molar-refractivity contribution in [3.8, 4) is 11.8 Å². The van der Waals surface area contributed by atoms with Crippen LogP contribution in [0.4, 0.5) is 10.5 Å². The summed E-state index contributed by atoms with van der Waals surface area (Å²) in [5.74, 6) is 0.731. The molecule has 0 fully saturated rings. The van der Waals surface area contributed by atoms with Gasteiger partial charge in [0.25, 0.3) is 0 Å². The minimum Gasteiger partial charge on any atom is -0.492 e. The van der Waals surface area contributed by atoms with E-state index in [1.807, 2.05) is 36.4 Å². The van der Waals surface area contributed by atoms with Crippen LogP contribution in [0.2, 0.25) is 0 Å². The molecule has 0 aliphatic carbocycles. The molecule has 0 aliphatic heterocycles. The third-order valence-corrected chi connectivity index (χ3v) is 3.50. The zero-order valence-corrected chi connectivity index (χ0v) is 13.4. The molecule has 2 amide bonds. The van der Waals surface area contributed by atoms with Gasteiger partial charge in [-0.25, -0.2) is 4.79 Å². The van der Waals surface area contributed by atoms with E-state index in [4.69, 9.17) is 10.00 Å². The van der Waals surface area contributed by atoms with Crippen LogP contribution in [-0.4, -0.2) is 24.2 Å². The molecule has 124 valence electrons. The van der Waals surface area contributed by atoms with E-state index in [9.17, 15) is 4.79 Å². The zero-order valence-electron chi connectivity index (χ0n) is 13.4. The summed E-state index contributed by atoms with van der Waals surface area (Å²) in [4.78, 5) is 16.1. The number of hydrogen-bond donors (Lipinski definition) is 2. The summed E-state index contributed by atoms with van der Waals surface area (Å²) in [6.45, 7) is 0.722. The monoisotopic (exact) mass is 332 g/mol. The fourth-order valence-electron chi connectivity index (χ4n) is 2.28. The van der Waals surface area contributed by atoms with Crippen LogP contribution < -0.4 is 15.4 Å². The number of ether oxygens (including phenoxy) is 1. The molecule has 2 N–H and O–H groups in total. The van der Waals surface area contributed by atoms with E-state index in [1.54, 1.807) is 30.5 Å². The number of nitrogens with one attached hydrogen (secondary N) is 2. The number of anilines is 1. The second kappa shape index (κ2) is 7.79. The number of carbonyl (C=O) groups is 1. The lowest BCUT2D eigenvalue weighted by Crippen LogP contribution is -2.32. The molecule has 2 aromatic carbocycles. The highest BCUT2D eigenvalue weighted by Crippen LogP contribution is 2.18. The van der Waals surface area contributed by atoms with E-state index in [-0.39, 0.29) is 6.03 Å². The Morgan fingerprint density at radius 2 is 2.00 bits per heavy atom. The van der Waals surface area contributed by atoms with Gasteiger partial charge in [0.2, 0.25) is 0 Å². The number of nitrogens with zero attached hydrogens (tertiary/aromatic N) is 2. The molecule has 6 nitrogen and oxygen atoms in total. The molecule has 0 radical (unpaired) electrons. The third kappa shape index (κ3) is 4.45. The lowest BCUT2D eigenvalue weighted by Gasteiger charge is -2.09. The Morgan fingerprint density at radius 1 is 1.16 bits per heavy atom. The summed E-state index contributed by atoms with van der Waals surface area (Å²) in [5, 5.41) is 15.2. The van der Waals surface area contributed by atoms with Gasteiger partial charge in [-0.3, -0.25) is 4.98 Å². The van der Waals surface area contributed by atoms with Gasteiger partial charge >= 0.3 is 6.03 Å². The molecule has 25 heavy (non-hydrogen) atoms. The van der Waals surface area contributed by atoms with Crippen molar-refractivity contribution in [2.24, 2.45) is 0 Å². The summed E-state index contributed by atoms with van der Waals surface area (Å²) >= 11 is 0. The van der Waals surface area contributed by atoms with Crippen LogP contribution in [0, 0.1) is 11.3 Å². The van der Waals surface area contributed by atoms with Gasteiger partial charge in [0.05, 0.1) is 23.7 Å². The number of hydrogen-bond acceptors (Lipinski definition) is 4. The van der Waals surface area contributed by atoms with Crippen LogP contribution in [0.25, 0.3) is 10.9 Å². The van der Waals surface area contributed by atoms with Crippen molar-refractivity contribution in [1.82, 2.24) is 10.3 Å². The van der Waals surface area contributed by atoms with Crippen molar-refractivity contribution in [1.29, 1.82) is 5.26 Å². The molecular weight excluding hydrogens is 316 g/mol. The van der Waals surface area contributed by atoms with Crippen molar-refractivity contribution in [2.45, 2.75) is 0 Å². The predicted octanol–water partition coefficient (Wildman–Crippen LogP) is 3.31. The predicted molar refractivity (Wildman–Crippen MR) is 95.4 cm³/mol.